The van der Waals surface area contributed by atoms with Gasteiger partial charge in [-0.3, -0.25) is 4.79 Å². The first-order valence-corrected chi connectivity index (χ1v) is 7.44. The molecule has 3 rings (SSSR count). The van der Waals surface area contributed by atoms with Crippen LogP contribution in [0.2, 0.25) is 0 Å². The molecule has 1 fully saturated rings. The second-order valence-corrected chi connectivity index (χ2v) is 6.02. The molecule has 1 aromatic rings. The van der Waals surface area contributed by atoms with Crippen LogP contribution in [0.3, 0.4) is 0 Å². The van der Waals surface area contributed by atoms with Crippen molar-refractivity contribution in [1.82, 2.24) is 14.5 Å². The molecule has 0 aliphatic carbocycles. The van der Waals surface area contributed by atoms with E-state index < -0.39 is 18.2 Å². The monoisotopic (exact) mass is 317 g/mol. The van der Waals surface area contributed by atoms with Gasteiger partial charge in [0.25, 0.3) is 5.91 Å². The Kier molecular flexibility index (Phi) is 3.88. The second kappa shape index (κ2) is 5.57. The molecule has 3 heterocycles. The van der Waals surface area contributed by atoms with Gasteiger partial charge >= 0.3 is 6.18 Å². The van der Waals surface area contributed by atoms with Crippen molar-refractivity contribution in [2.75, 3.05) is 13.1 Å². The summed E-state index contributed by atoms with van der Waals surface area (Å²) in [6.45, 7) is 0.622. The Morgan fingerprint density at radius 2 is 2.09 bits per heavy atom. The van der Waals surface area contributed by atoms with Crippen LogP contribution in [0.5, 0.6) is 0 Å². The molecule has 1 amide bonds. The summed E-state index contributed by atoms with van der Waals surface area (Å²) < 4.78 is 39.8. The number of aryl methyl sites for hydroxylation is 1. The minimum atomic E-state index is -4.22. The average Bonchev–Trinajstić information content (AvgIpc) is 2.88. The number of rotatable bonds is 1. The van der Waals surface area contributed by atoms with Crippen LogP contribution in [-0.4, -0.2) is 50.8 Å². The molecule has 122 valence electrons. The number of halogens is 3. The van der Waals surface area contributed by atoms with Gasteiger partial charge in [-0.2, -0.15) is 13.2 Å². The van der Waals surface area contributed by atoms with E-state index in [2.05, 4.69) is 4.98 Å². The lowest BCUT2D eigenvalue weighted by molar-refractivity contribution is -0.182. The zero-order valence-electron chi connectivity index (χ0n) is 12.0. The number of β-amino-alcohol motifs (C(OH)–C–C–N with tert-alkyl or cyclic N) is 1. The quantitative estimate of drug-likeness (QED) is 0.856. The molecule has 1 N–H and O–H groups in total. The van der Waals surface area contributed by atoms with Gasteiger partial charge in [-0.15, -0.1) is 0 Å². The normalized spacial score (nSPS) is 25.9. The van der Waals surface area contributed by atoms with E-state index in [0.717, 1.165) is 6.42 Å². The Morgan fingerprint density at radius 3 is 2.77 bits per heavy atom. The molecular formula is C14H18F3N3O2. The fraction of sp³-hybridized carbons (Fsp3) is 0.714. The van der Waals surface area contributed by atoms with Crippen LogP contribution in [0.4, 0.5) is 13.2 Å². The van der Waals surface area contributed by atoms with Crippen molar-refractivity contribution in [3.8, 4) is 0 Å². The molecule has 22 heavy (non-hydrogen) atoms. The molecule has 0 saturated carbocycles. The highest BCUT2D eigenvalue weighted by molar-refractivity contribution is 5.92. The van der Waals surface area contributed by atoms with Crippen LogP contribution in [0.15, 0.2) is 6.20 Å². The number of likely N-dealkylation sites (tertiary alicyclic amines) is 1. The van der Waals surface area contributed by atoms with Crippen molar-refractivity contribution in [3.63, 3.8) is 0 Å². The topological polar surface area (TPSA) is 58.4 Å². The number of aromatic nitrogens is 2. The summed E-state index contributed by atoms with van der Waals surface area (Å²) in [6.07, 6.45) is -1.73. The van der Waals surface area contributed by atoms with Gasteiger partial charge in [0.2, 0.25) is 0 Å². The third kappa shape index (κ3) is 2.97. The number of nitrogens with zero attached hydrogens (tertiary/aromatic N) is 3. The number of piperidine rings is 1. The van der Waals surface area contributed by atoms with Crippen molar-refractivity contribution in [1.29, 1.82) is 0 Å². The molecule has 0 aromatic carbocycles. The van der Waals surface area contributed by atoms with Crippen molar-refractivity contribution in [2.24, 2.45) is 5.92 Å². The Morgan fingerprint density at radius 1 is 1.32 bits per heavy atom. The van der Waals surface area contributed by atoms with Crippen molar-refractivity contribution >= 4 is 5.91 Å². The number of alkyl halides is 3. The van der Waals surface area contributed by atoms with E-state index in [1.807, 2.05) is 0 Å². The molecule has 0 bridgehead atoms. The summed E-state index contributed by atoms with van der Waals surface area (Å²) >= 11 is 0. The fourth-order valence-corrected chi connectivity index (χ4v) is 3.12. The maximum Gasteiger partial charge on any atom is 0.393 e. The van der Waals surface area contributed by atoms with E-state index in [1.54, 1.807) is 0 Å². The molecule has 2 aliphatic heterocycles. The third-order valence-electron chi connectivity index (χ3n) is 4.36. The molecule has 2 aliphatic rings. The molecule has 1 saturated heterocycles. The zero-order valence-corrected chi connectivity index (χ0v) is 12.0. The summed E-state index contributed by atoms with van der Waals surface area (Å²) in [7, 11) is 0. The smallest absolute Gasteiger partial charge is 0.391 e. The highest BCUT2D eigenvalue weighted by atomic mass is 19.4. The number of hydrogen-bond donors (Lipinski definition) is 1. The van der Waals surface area contributed by atoms with E-state index in [-0.39, 0.29) is 37.5 Å². The highest BCUT2D eigenvalue weighted by Gasteiger charge is 2.42. The number of amides is 1. The third-order valence-corrected chi connectivity index (χ3v) is 4.36. The van der Waals surface area contributed by atoms with Gasteiger partial charge in [0.1, 0.15) is 11.5 Å². The lowest BCUT2D eigenvalue weighted by Crippen LogP contribution is -2.42. The summed E-state index contributed by atoms with van der Waals surface area (Å²) in [5, 5.41) is 9.62. The highest BCUT2D eigenvalue weighted by Crippen LogP contribution is 2.34. The predicted molar refractivity (Wildman–Crippen MR) is 71.2 cm³/mol. The SMILES string of the molecule is O=C(c1cn2c(n1)CCC(C(F)(F)F)C2)N1CCCC(O)C1. The fourth-order valence-electron chi connectivity index (χ4n) is 3.12. The summed E-state index contributed by atoms with van der Waals surface area (Å²) in [5.74, 6) is -1.17. The van der Waals surface area contributed by atoms with E-state index in [0.29, 0.717) is 18.8 Å². The van der Waals surface area contributed by atoms with Gasteiger partial charge in [-0.05, 0) is 19.3 Å². The van der Waals surface area contributed by atoms with Crippen LogP contribution >= 0.6 is 0 Å². The first-order chi connectivity index (χ1) is 10.3. The molecule has 2 atom stereocenters. The van der Waals surface area contributed by atoms with Crippen LogP contribution in [0.1, 0.15) is 35.6 Å². The molecule has 0 radical (unpaired) electrons. The molecule has 1 aromatic heterocycles. The molecule has 2 unspecified atom stereocenters. The second-order valence-electron chi connectivity index (χ2n) is 6.02. The zero-order chi connectivity index (χ0) is 15.9. The van der Waals surface area contributed by atoms with Crippen molar-refractivity contribution in [2.45, 2.75) is 44.5 Å². The summed E-state index contributed by atoms with van der Waals surface area (Å²) in [5.41, 5.74) is 0.173. The number of carbonyl (C=O) groups excluding carboxylic acids is 1. The van der Waals surface area contributed by atoms with Gasteiger partial charge in [-0.25, -0.2) is 4.98 Å². The van der Waals surface area contributed by atoms with E-state index in [9.17, 15) is 23.1 Å². The van der Waals surface area contributed by atoms with Crippen LogP contribution in [0.25, 0.3) is 0 Å². The minimum Gasteiger partial charge on any atom is -0.391 e. The number of aliphatic hydroxyl groups is 1. The standard InChI is InChI=1S/C14H18F3N3O2/c15-14(16,17)9-3-4-12-18-11(8-20(12)6-9)13(22)19-5-1-2-10(21)7-19/h8-10,21H,1-7H2. The predicted octanol–water partition coefficient (Wildman–Crippen LogP) is 1.60. The minimum absolute atomic E-state index is 0.0105. The van der Waals surface area contributed by atoms with Crippen molar-refractivity contribution < 1.29 is 23.1 Å². The average molecular weight is 317 g/mol. The van der Waals surface area contributed by atoms with Gasteiger partial charge in [0, 0.05) is 32.3 Å². The lowest BCUT2D eigenvalue weighted by atomic mass is 9.99. The van der Waals surface area contributed by atoms with Gasteiger partial charge in [0.15, 0.2) is 0 Å². The number of aliphatic hydroxyl groups excluding tert-OH is 1. The van der Waals surface area contributed by atoms with Crippen LogP contribution < -0.4 is 0 Å². The van der Waals surface area contributed by atoms with Gasteiger partial charge in [-0.1, -0.05) is 0 Å². The number of hydrogen-bond acceptors (Lipinski definition) is 3. The number of fused-ring (bicyclic) bond motifs is 1. The Balaban J connectivity index is 1.75. The van der Waals surface area contributed by atoms with Crippen LogP contribution in [-0.2, 0) is 13.0 Å². The summed E-state index contributed by atoms with van der Waals surface area (Å²) in [4.78, 5) is 18.1. The Hall–Kier alpha value is -1.57. The van der Waals surface area contributed by atoms with E-state index in [1.165, 1.54) is 15.7 Å². The first-order valence-electron chi connectivity index (χ1n) is 7.44. The number of carbonyl (C=O) groups is 1. The maximum absolute atomic E-state index is 12.8. The summed E-state index contributed by atoms with van der Waals surface area (Å²) in [6, 6.07) is 0. The van der Waals surface area contributed by atoms with Gasteiger partial charge in [0.05, 0.1) is 12.0 Å². The van der Waals surface area contributed by atoms with Gasteiger partial charge < -0.3 is 14.6 Å². The molecule has 8 heteroatoms. The largest absolute Gasteiger partial charge is 0.393 e. The van der Waals surface area contributed by atoms with Crippen LogP contribution in [0, 0.1) is 5.92 Å². The number of imidazole rings is 1. The molecule has 0 spiro atoms. The maximum atomic E-state index is 12.8. The Labute approximate surface area is 125 Å². The Bertz CT molecular complexity index is 570. The lowest BCUT2D eigenvalue weighted by Gasteiger charge is -2.29. The van der Waals surface area contributed by atoms with Crippen molar-refractivity contribution in [3.05, 3.63) is 17.7 Å². The molecular weight excluding hydrogens is 299 g/mol. The molecule has 5 nitrogen and oxygen atoms in total. The van der Waals surface area contributed by atoms with E-state index in [4.69, 9.17) is 0 Å². The van der Waals surface area contributed by atoms with E-state index >= 15 is 0 Å². The first kappa shape index (κ1) is 15.3.